The van der Waals surface area contributed by atoms with Crippen molar-refractivity contribution in [3.8, 4) is 5.75 Å². The highest BCUT2D eigenvalue weighted by atomic mass is 35.5. The lowest BCUT2D eigenvalue weighted by Crippen LogP contribution is -2.35. The zero-order valence-corrected chi connectivity index (χ0v) is 14.3. The maximum absolute atomic E-state index is 12.1. The molecule has 0 radical (unpaired) electrons. The van der Waals surface area contributed by atoms with E-state index in [1.54, 1.807) is 49.4 Å². The number of hydrogen-bond acceptors (Lipinski definition) is 3. The third-order valence-electron chi connectivity index (χ3n) is 3.34. The van der Waals surface area contributed by atoms with E-state index in [-0.39, 0.29) is 24.3 Å². The van der Waals surface area contributed by atoms with Crippen molar-refractivity contribution in [2.24, 2.45) is 0 Å². The van der Waals surface area contributed by atoms with Crippen molar-refractivity contribution >= 4 is 29.1 Å². The van der Waals surface area contributed by atoms with Crippen LogP contribution in [-0.4, -0.2) is 25.0 Å². The summed E-state index contributed by atoms with van der Waals surface area (Å²) in [5.41, 5.74) is 1.14. The molecule has 2 N–H and O–H groups in total. The summed E-state index contributed by atoms with van der Waals surface area (Å²) in [7, 11) is 1.52. The average Bonchev–Trinajstić information content (AvgIpc) is 2.55. The maximum Gasteiger partial charge on any atom is 0.251 e. The van der Waals surface area contributed by atoms with Crippen LogP contribution in [0.3, 0.4) is 0 Å². The summed E-state index contributed by atoms with van der Waals surface area (Å²) in [6.07, 6.45) is 0.155. The molecule has 0 heterocycles. The van der Waals surface area contributed by atoms with Gasteiger partial charge in [-0.25, -0.2) is 0 Å². The van der Waals surface area contributed by atoms with Crippen molar-refractivity contribution in [3.05, 3.63) is 59.1 Å². The standard InChI is InChI=1S/C18H19ClN2O3/c1-12(20-18(23)13-6-4-3-5-7-13)10-17(22)21-14-8-9-16(24-2)15(19)11-14/h3-9,11-12H,10H2,1-2H3,(H,20,23)(H,21,22). The first-order valence-corrected chi connectivity index (χ1v) is 7.86. The Hall–Kier alpha value is -2.53. The third-order valence-corrected chi connectivity index (χ3v) is 3.64. The van der Waals surface area contributed by atoms with E-state index in [2.05, 4.69) is 10.6 Å². The van der Waals surface area contributed by atoms with Crippen molar-refractivity contribution in [2.45, 2.75) is 19.4 Å². The van der Waals surface area contributed by atoms with Crippen LogP contribution in [0.1, 0.15) is 23.7 Å². The van der Waals surface area contributed by atoms with Crippen LogP contribution in [0.15, 0.2) is 48.5 Å². The molecular formula is C18H19ClN2O3. The first kappa shape index (κ1) is 17.8. The summed E-state index contributed by atoms with van der Waals surface area (Å²) in [6, 6.07) is 13.6. The van der Waals surface area contributed by atoms with Gasteiger partial charge in [-0.1, -0.05) is 29.8 Å². The van der Waals surface area contributed by atoms with Crippen molar-refractivity contribution in [3.63, 3.8) is 0 Å². The molecule has 0 aliphatic rings. The van der Waals surface area contributed by atoms with Gasteiger partial charge in [-0.3, -0.25) is 9.59 Å². The normalized spacial score (nSPS) is 11.5. The molecule has 0 aliphatic carbocycles. The van der Waals surface area contributed by atoms with Crippen LogP contribution in [-0.2, 0) is 4.79 Å². The number of nitrogens with one attached hydrogen (secondary N) is 2. The van der Waals surface area contributed by atoms with Gasteiger partial charge in [-0.2, -0.15) is 0 Å². The van der Waals surface area contributed by atoms with Gasteiger partial charge in [0, 0.05) is 23.7 Å². The fourth-order valence-corrected chi connectivity index (χ4v) is 2.44. The van der Waals surface area contributed by atoms with Gasteiger partial charge >= 0.3 is 0 Å². The molecule has 0 saturated heterocycles. The van der Waals surface area contributed by atoms with Crippen molar-refractivity contribution < 1.29 is 14.3 Å². The van der Waals surface area contributed by atoms with E-state index in [9.17, 15) is 9.59 Å². The summed E-state index contributed by atoms with van der Waals surface area (Å²) >= 11 is 6.02. The SMILES string of the molecule is COc1ccc(NC(=O)CC(C)NC(=O)c2ccccc2)cc1Cl. The summed E-state index contributed by atoms with van der Waals surface area (Å²) in [4.78, 5) is 24.1. The van der Waals surface area contributed by atoms with Crippen LogP contribution in [0, 0.1) is 0 Å². The second kappa shape index (κ2) is 8.36. The number of methoxy groups -OCH3 is 1. The largest absolute Gasteiger partial charge is 0.495 e. The van der Waals surface area contributed by atoms with E-state index in [4.69, 9.17) is 16.3 Å². The summed E-state index contributed by atoms with van der Waals surface area (Å²) in [6.45, 7) is 1.78. The molecule has 2 amide bonds. The zero-order valence-electron chi connectivity index (χ0n) is 13.5. The topological polar surface area (TPSA) is 67.4 Å². The molecular weight excluding hydrogens is 328 g/mol. The molecule has 1 atom stereocenters. The van der Waals surface area contributed by atoms with E-state index in [0.29, 0.717) is 22.0 Å². The van der Waals surface area contributed by atoms with Crippen LogP contribution in [0.2, 0.25) is 5.02 Å². The molecule has 24 heavy (non-hydrogen) atoms. The van der Waals surface area contributed by atoms with Gasteiger partial charge in [-0.05, 0) is 37.3 Å². The number of ether oxygens (including phenoxy) is 1. The molecule has 0 bridgehead atoms. The smallest absolute Gasteiger partial charge is 0.251 e. The van der Waals surface area contributed by atoms with E-state index in [0.717, 1.165) is 0 Å². The molecule has 5 nitrogen and oxygen atoms in total. The van der Waals surface area contributed by atoms with Crippen LogP contribution >= 0.6 is 11.6 Å². The Kier molecular flexibility index (Phi) is 6.21. The minimum atomic E-state index is -0.300. The Morgan fingerprint density at radius 1 is 1.17 bits per heavy atom. The van der Waals surface area contributed by atoms with Gasteiger partial charge in [0.1, 0.15) is 5.75 Å². The fraction of sp³-hybridized carbons (Fsp3) is 0.222. The molecule has 0 spiro atoms. The Bertz CT molecular complexity index is 719. The lowest BCUT2D eigenvalue weighted by molar-refractivity contribution is -0.116. The highest BCUT2D eigenvalue weighted by molar-refractivity contribution is 6.32. The molecule has 0 aliphatic heterocycles. The fourth-order valence-electron chi connectivity index (χ4n) is 2.18. The third kappa shape index (κ3) is 4.99. The van der Waals surface area contributed by atoms with E-state index in [1.807, 2.05) is 6.07 Å². The second-order valence-corrected chi connectivity index (χ2v) is 5.75. The Morgan fingerprint density at radius 2 is 1.88 bits per heavy atom. The van der Waals surface area contributed by atoms with Gasteiger partial charge in [-0.15, -0.1) is 0 Å². The van der Waals surface area contributed by atoms with E-state index >= 15 is 0 Å². The number of rotatable bonds is 6. The second-order valence-electron chi connectivity index (χ2n) is 5.34. The molecule has 2 rings (SSSR count). The highest BCUT2D eigenvalue weighted by Gasteiger charge is 2.13. The van der Waals surface area contributed by atoms with Crippen LogP contribution in [0.5, 0.6) is 5.75 Å². The number of carbonyl (C=O) groups is 2. The predicted molar refractivity (Wildman–Crippen MR) is 94.6 cm³/mol. The molecule has 126 valence electrons. The lowest BCUT2D eigenvalue weighted by atomic mass is 10.1. The number of carbonyl (C=O) groups excluding carboxylic acids is 2. The first-order valence-electron chi connectivity index (χ1n) is 7.49. The van der Waals surface area contributed by atoms with Gasteiger partial charge in [0.25, 0.3) is 5.91 Å². The molecule has 1 unspecified atom stereocenters. The Balaban J connectivity index is 1.87. The highest BCUT2D eigenvalue weighted by Crippen LogP contribution is 2.27. The van der Waals surface area contributed by atoms with Crippen molar-refractivity contribution in [1.82, 2.24) is 5.32 Å². The monoisotopic (exact) mass is 346 g/mol. The molecule has 6 heteroatoms. The van der Waals surface area contributed by atoms with Gasteiger partial charge in [0.15, 0.2) is 0 Å². The predicted octanol–water partition coefficient (Wildman–Crippen LogP) is 3.50. The Labute approximate surface area is 146 Å². The van der Waals surface area contributed by atoms with E-state index in [1.165, 1.54) is 7.11 Å². The Morgan fingerprint density at radius 3 is 2.50 bits per heavy atom. The molecule has 2 aromatic carbocycles. The number of halogens is 1. The number of anilines is 1. The molecule has 0 aromatic heterocycles. The number of amides is 2. The zero-order chi connectivity index (χ0) is 17.5. The van der Waals surface area contributed by atoms with Crippen LogP contribution < -0.4 is 15.4 Å². The summed E-state index contributed by atoms with van der Waals surface area (Å²) in [5.74, 6) is 0.124. The minimum Gasteiger partial charge on any atom is -0.495 e. The minimum absolute atomic E-state index is 0.155. The van der Waals surface area contributed by atoms with Gasteiger partial charge < -0.3 is 15.4 Å². The van der Waals surface area contributed by atoms with Crippen LogP contribution in [0.25, 0.3) is 0 Å². The molecule has 2 aromatic rings. The van der Waals surface area contributed by atoms with Crippen molar-refractivity contribution in [2.75, 3.05) is 12.4 Å². The van der Waals surface area contributed by atoms with Gasteiger partial charge in [0.05, 0.1) is 12.1 Å². The molecule has 0 fully saturated rings. The van der Waals surface area contributed by atoms with Crippen LogP contribution in [0.4, 0.5) is 5.69 Å². The van der Waals surface area contributed by atoms with Crippen molar-refractivity contribution in [1.29, 1.82) is 0 Å². The quantitative estimate of drug-likeness (QED) is 0.841. The number of benzene rings is 2. The average molecular weight is 347 g/mol. The lowest BCUT2D eigenvalue weighted by Gasteiger charge is -2.14. The molecule has 0 saturated carbocycles. The maximum atomic E-state index is 12.1. The number of hydrogen-bond donors (Lipinski definition) is 2. The van der Waals surface area contributed by atoms with Gasteiger partial charge in [0.2, 0.25) is 5.91 Å². The summed E-state index contributed by atoms with van der Waals surface area (Å²) in [5, 5.41) is 5.96. The van der Waals surface area contributed by atoms with E-state index < -0.39 is 0 Å². The first-order chi connectivity index (χ1) is 11.5. The summed E-state index contributed by atoms with van der Waals surface area (Å²) < 4.78 is 5.06.